The normalized spacial score (nSPS) is 10.3. The molecular weight excluding hydrogens is 417 g/mol. The molecule has 0 aliphatic rings. The summed E-state index contributed by atoms with van der Waals surface area (Å²) in [6.07, 6.45) is 0. The maximum Gasteiger partial charge on any atom is 0.341 e. The largest absolute Gasteiger partial charge is 0.496 e. The third-order valence-corrected chi connectivity index (χ3v) is 4.15. The van der Waals surface area contributed by atoms with Gasteiger partial charge in [-0.05, 0) is 31.2 Å². The fraction of sp³-hybridized carbons (Fsp3) is 0.222. The van der Waals surface area contributed by atoms with Gasteiger partial charge in [-0.25, -0.2) is 4.79 Å². The molecule has 0 heterocycles. The molecule has 0 bridgehead atoms. The predicted octanol–water partition coefficient (Wildman–Crippen LogP) is 4.85. The van der Waals surface area contributed by atoms with E-state index in [0.29, 0.717) is 10.8 Å². The van der Waals surface area contributed by atoms with E-state index in [0.717, 1.165) is 0 Å². The van der Waals surface area contributed by atoms with Crippen molar-refractivity contribution in [2.45, 2.75) is 6.92 Å². The van der Waals surface area contributed by atoms with Crippen molar-refractivity contribution in [1.82, 2.24) is 0 Å². The molecule has 0 aliphatic heterocycles. The first-order chi connectivity index (χ1) is 12.8. The number of hydrogen-bond acceptors (Lipinski definition) is 5. The van der Waals surface area contributed by atoms with Gasteiger partial charge in [-0.1, -0.05) is 34.8 Å². The Morgan fingerprint density at radius 2 is 1.78 bits per heavy atom. The highest BCUT2D eigenvalue weighted by molar-refractivity contribution is 6.35. The lowest BCUT2D eigenvalue weighted by atomic mass is 10.1. The number of esters is 1. The van der Waals surface area contributed by atoms with Gasteiger partial charge in [-0.2, -0.15) is 0 Å². The first-order valence-corrected chi connectivity index (χ1v) is 8.91. The van der Waals surface area contributed by atoms with Gasteiger partial charge in [0.2, 0.25) is 0 Å². The van der Waals surface area contributed by atoms with Gasteiger partial charge in [-0.15, -0.1) is 0 Å². The van der Waals surface area contributed by atoms with Crippen LogP contribution in [0.5, 0.6) is 11.5 Å². The van der Waals surface area contributed by atoms with E-state index in [1.807, 2.05) is 0 Å². The Balaban J connectivity index is 2.09. The second-order valence-electron chi connectivity index (χ2n) is 5.16. The molecule has 0 atom stereocenters. The number of rotatable bonds is 7. The van der Waals surface area contributed by atoms with Crippen LogP contribution in [0, 0.1) is 0 Å². The maximum atomic E-state index is 12.1. The van der Waals surface area contributed by atoms with Crippen LogP contribution in [-0.2, 0) is 9.53 Å². The first kappa shape index (κ1) is 21.2. The summed E-state index contributed by atoms with van der Waals surface area (Å²) in [5, 5.41) is 3.48. The van der Waals surface area contributed by atoms with Crippen LogP contribution in [0.15, 0.2) is 30.3 Å². The molecule has 0 saturated heterocycles. The summed E-state index contributed by atoms with van der Waals surface area (Å²) in [5.41, 5.74) is 0.420. The summed E-state index contributed by atoms with van der Waals surface area (Å²) in [6.45, 7) is 1.59. The highest BCUT2D eigenvalue weighted by Crippen LogP contribution is 2.32. The first-order valence-electron chi connectivity index (χ1n) is 7.78. The minimum Gasteiger partial charge on any atom is -0.496 e. The fourth-order valence-corrected chi connectivity index (χ4v) is 2.78. The number of ether oxygens (including phenoxy) is 3. The summed E-state index contributed by atoms with van der Waals surface area (Å²) < 4.78 is 15.5. The average Bonchev–Trinajstić information content (AvgIpc) is 2.62. The Morgan fingerprint density at radius 1 is 1.04 bits per heavy atom. The Hall–Kier alpha value is -2.15. The van der Waals surface area contributed by atoms with Gasteiger partial charge in [-0.3, -0.25) is 4.79 Å². The molecule has 27 heavy (non-hydrogen) atoms. The minimum atomic E-state index is -0.574. The number of carbonyl (C=O) groups is 2. The van der Waals surface area contributed by atoms with Crippen LogP contribution < -0.4 is 14.8 Å². The number of halogens is 3. The van der Waals surface area contributed by atoms with E-state index in [2.05, 4.69) is 5.32 Å². The van der Waals surface area contributed by atoms with Crippen molar-refractivity contribution in [2.75, 3.05) is 25.6 Å². The number of anilines is 1. The zero-order valence-corrected chi connectivity index (χ0v) is 16.7. The topological polar surface area (TPSA) is 73.9 Å². The zero-order chi connectivity index (χ0) is 20.0. The van der Waals surface area contributed by atoms with Crippen molar-refractivity contribution in [3.05, 3.63) is 51.0 Å². The quantitative estimate of drug-likeness (QED) is 0.633. The fourth-order valence-electron chi connectivity index (χ4n) is 2.11. The molecule has 0 aliphatic carbocycles. The number of hydrogen-bond donors (Lipinski definition) is 1. The number of carbonyl (C=O) groups excluding carboxylic acids is 2. The van der Waals surface area contributed by atoms with Gasteiger partial charge in [0.1, 0.15) is 17.1 Å². The SMILES string of the molecule is CCOC(=O)c1cc(Cl)c(NC(=O)COc2ccc(Cl)cc2Cl)cc1OC. The zero-order valence-electron chi connectivity index (χ0n) is 14.5. The molecule has 0 unspecified atom stereocenters. The van der Waals surface area contributed by atoms with Crippen molar-refractivity contribution >= 4 is 52.4 Å². The van der Waals surface area contributed by atoms with Crippen LogP contribution in [-0.4, -0.2) is 32.2 Å². The van der Waals surface area contributed by atoms with Crippen molar-refractivity contribution < 1.29 is 23.8 Å². The van der Waals surface area contributed by atoms with Crippen LogP contribution in [0.3, 0.4) is 0 Å². The Bertz CT molecular complexity index is 857. The highest BCUT2D eigenvalue weighted by Gasteiger charge is 2.18. The third kappa shape index (κ3) is 5.66. The second-order valence-corrected chi connectivity index (χ2v) is 6.42. The second kappa shape index (κ2) is 9.69. The predicted molar refractivity (Wildman–Crippen MR) is 105 cm³/mol. The van der Waals surface area contributed by atoms with Crippen LogP contribution in [0.2, 0.25) is 15.1 Å². The number of amides is 1. The molecule has 0 radical (unpaired) electrons. The molecule has 1 amide bonds. The monoisotopic (exact) mass is 431 g/mol. The molecule has 9 heteroatoms. The van der Waals surface area contributed by atoms with E-state index in [1.54, 1.807) is 19.1 Å². The number of nitrogens with one attached hydrogen (secondary N) is 1. The molecule has 1 N–H and O–H groups in total. The molecule has 0 fully saturated rings. The Labute approximate surface area is 171 Å². The smallest absolute Gasteiger partial charge is 0.341 e. The van der Waals surface area contributed by atoms with Gasteiger partial charge < -0.3 is 19.5 Å². The average molecular weight is 433 g/mol. The van der Waals surface area contributed by atoms with E-state index in [4.69, 9.17) is 49.0 Å². The van der Waals surface area contributed by atoms with E-state index in [-0.39, 0.29) is 40.3 Å². The highest BCUT2D eigenvalue weighted by atomic mass is 35.5. The summed E-state index contributed by atoms with van der Waals surface area (Å²) in [5.74, 6) is -0.518. The Kier molecular flexibility index (Phi) is 7.59. The third-order valence-electron chi connectivity index (χ3n) is 3.31. The molecule has 6 nitrogen and oxygen atoms in total. The van der Waals surface area contributed by atoms with E-state index >= 15 is 0 Å². The summed E-state index contributed by atoms with van der Waals surface area (Å²) in [7, 11) is 1.39. The van der Waals surface area contributed by atoms with Crippen molar-refractivity contribution in [3.8, 4) is 11.5 Å². The van der Waals surface area contributed by atoms with Gasteiger partial charge in [0.15, 0.2) is 6.61 Å². The van der Waals surface area contributed by atoms with Crippen LogP contribution in [0.1, 0.15) is 17.3 Å². The molecule has 2 aromatic rings. The molecule has 144 valence electrons. The molecule has 2 rings (SSSR count). The van der Waals surface area contributed by atoms with Gasteiger partial charge in [0.25, 0.3) is 5.91 Å². The lowest BCUT2D eigenvalue weighted by Gasteiger charge is -2.13. The summed E-state index contributed by atoms with van der Waals surface area (Å²) >= 11 is 17.9. The number of methoxy groups -OCH3 is 1. The molecule has 0 aromatic heterocycles. The molecular formula is C18H16Cl3NO5. The van der Waals surface area contributed by atoms with E-state index in [9.17, 15) is 9.59 Å². The van der Waals surface area contributed by atoms with Gasteiger partial charge in [0.05, 0.1) is 29.4 Å². The summed E-state index contributed by atoms with van der Waals surface area (Å²) in [6, 6.07) is 7.46. The Morgan fingerprint density at radius 3 is 2.41 bits per heavy atom. The maximum absolute atomic E-state index is 12.1. The van der Waals surface area contributed by atoms with Crippen LogP contribution >= 0.6 is 34.8 Å². The van der Waals surface area contributed by atoms with Crippen molar-refractivity contribution in [3.63, 3.8) is 0 Å². The van der Waals surface area contributed by atoms with E-state index in [1.165, 1.54) is 25.3 Å². The summed E-state index contributed by atoms with van der Waals surface area (Å²) in [4.78, 5) is 24.1. The van der Waals surface area contributed by atoms with Crippen LogP contribution in [0.4, 0.5) is 5.69 Å². The van der Waals surface area contributed by atoms with Gasteiger partial charge in [0, 0.05) is 11.1 Å². The standard InChI is InChI=1S/C18H16Cl3NO5/c1-3-26-18(24)11-7-12(20)14(8-16(11)25-2)22-17(23)9-27-15-5-4-10(19)6-13(15)21/h4-8H,3,9H2,1-2H3,(H,22,23). The van der Waals surface area contributed by atoms with Crippen molar-refractivity contribution in [2.24, 2.45) is 0 Å². The molecule has 2 aromatic carbocycles. The minimum absolute atomic E-state index is 0.150. The molecule has 0 spiro atoms. The van der Waals surface area contributed by atoms with Crippen molar-refractivity contribution in [1.29, 1.82) is 0 Å². The van der Waals surface area contributed by atoms with Crippen LogP contribution in [0.25, 0.3) is 0 Å². The molecule has 0 saturated carbocycles. The van der Waals surface area contributed by atoms with E-state index < -0.39 is 11.9 Å². The lowest BCUT2D eigenvalue weighted by Crippen LogP contribution is -2.20. The van der Waals surface area contributed by atoms with Gasteiger partial charge >= 0.3 is 5.97 Å². The number of benzene rings is 2. The lowest BCUT2D eigenvalue weighted by molar-refractivity contribution is -0.118.